The quantitative estimate of drug-likeness (QED) is 0.167. The highest BCUT2D eigenvalue weighted by molar-refractivity contribution is 7.26. The van der Waals surface area contributed by atoms with Crippen molar-refractivity contribution in [3.63, 3.8) is 0 Å². The van der Waals surface area contributed by atoms with Gasteiger partial charge in [0.25, 0.3) is 0 Å². The Labute approximate surface area is 391 Å². The Morgan fingerprint density at radius 3 is 1.91 bits per heavy atom. The molecule has 14 rings (SSSR count). The molecular formula is C63H41NO2S. The van der Waals surface area contributed by atoms with Gasteiger partial charge in [0, 0.05) is 64.1 Å². The summed E-state index contributed by atoms with van der Waals surface area (Å²) in [5.74, 6) is 0. The summed E-state index contributed by atoms with van der Waals surface area (Å²) in [6.45, 7) is 4.70. The minimum Gasteiger partial charge on any atom is -0.456 e. The van der Waals surface area contributed by atoms with Crippen LogP contribution >= 0.6 is 11.3 Å². The largest absolute Gasteiger partial charge is 0.456 e. The third-order valence-electron chi connectivity index (χ3n) is 14.3. The van der Waals surface area contributed by atoms with E-state index in [4.69, 9.17) is 8.83 Å². The minimum atomic E-state index is -0.173. The van der Waals surface area contributed by atoms with Crippen molar-refractivity contribution in [3.05, 3.63) is 223 Å². The Balaban J connectivity index is 0.991. The van der Waals surface area contributed by atoms with Gasteiger partial charge in [-0.05, 0) is 98.6 Å². The fraction of sp³-hybridized carbons (Fsp3) is 0.0476. The van der Waals surface area contributed by atoms with Crippen LogP contribution in [0.5, 0.6) is 0 Å². The molecule has 0 N–H and O–H groups in total. The molecule has 3 heterocycles. The first kappa shape index (κ1) is 38.1. The zero-order chi connectivity index (χ0) is 44.4. The Kier molecular flexibility index (Phi) is 8.20. The van der Waals surface area contributed by atoms with Crippen molar-refractivity contribution in [1.29, 1.82) is 0 Å². The molecule has 67 heavy (non-hydrogen) atoms. The van der Waals surface area contributed by atoms with E-state index >= 15 is 0 Å². The number of hydrogen-bond acceptors (Lipinski definition) is 4. The second kappa shape index (κ2) is 14.4. The highest BCUT2D eigenvalue weighted by atomic mass is 32.1. The molecule has 0 saturated carbocycles. The van der Waals surface area contributed by atoms with Gasteiger partial charge >= 0.3 is 0 Å². The SMILES string of the molecule is CC1(C)c2ccccc2-c2ccc(N(c3ccc(-c4cccc5c4sc4ccccc45)cc3)c3cccc4c3oc3c(-c5ccc(-c6ccccc6)cc5)c5c(cc34)oc3ccccc35)cc21. The number of anilines is 3. The molecule has 0 spiro atoms. The molecule has 10 aromatic carbocycles. The Morgan fingerprint density at radius 1 is 0.403 bits per heavy atom. The third kappa shape index (κ3) is 5.70. The standard InChI is InChI=1S/C63H41NO2S/c1-63(2)52-22-9-6-16-45(52)46-35-34-43(36-53(46)63)64(42-32-30-40(31-33-42)44-19-12-21-49-47-17-8-11-25-57(47)67-62(44)49)54-23-13-20-48-51-37-56-59(50-18-7-10-24-55(50)65-56)58(61(51)66-60(48)54)41-28-26-39(27-29-41)38-14-4-3-5-15-38/h3-37H,1-2H3. The number of rotatable bonds is 6. The van der Waals surface area contributed by atoms with E-state index in [2.05, 4.69) is 225 Å². The number of furan rings is 2. The lowest BCUT2D eigenvalue weighted by atomic mass is 9.82. The number of hydrogen-bond donors (Lipinski definition) is 0. The number of thiophene rings is 1. The summed E-state index contributed by atoms with van der Waals surface area (Å²) in [4.78, 5) is 2.39. The molecule has 4 heteroatoms. The van der Waals surface area contributed by atoms with Crippen LogP contribution in [0, 0.1) is 0 Å². The molecule has 3 aromatic heterocycles. The van der Waals surface area contributed by atoms with E-state index in [1.165, 1.54) is 64.7 Å². The maximum Gasteiger partial charge on any atom is 0.159 e. The molecule has 0 saturated heterocycles. The highest BCUT2D eigenvalue weighted by Crippen LogP contribution is 2.53. The van der Waals surface area contributed by atoms with E-state index in [0.29, 0.717) is 0 Å². The molecule has 0 bridgehead atoms. The molecule has 0 aliphatic heterocycles. The predicted octanol–water partition coefficient (Wildman–Crippen LogP) is 18.6. The van der Waals surface area contributed by atoms with Gasteiger partial charge in [-0.2, -0.15) is 0 Å². The van der Waals surface area contributed by atoms with Crippen LogP contribution in [0.1, 0.15) is 25.0 Å². The predicted molar refractivity (Wildman–Crippen MR) is 282 cm³/mol. The van der Waals surface area contributed by atoms with Crippen molar-refractivity contribution in [2.24, 2.45) is 0 Å². The summed E-state index contributed by atoms with van der Waals surface area (Å²) in [5, 5.41) is 6.77. The summed E-state index contributed by atoms with van der Waals surface area (Å²) in [6.07, 6.45) is 0. The van der Waals surface area contributed by atoms with Crippen molar-refractivity contribution in [3.8, 4) is 44.5 Å². The minimum absolute atomic E-state index is 0.173. The first-order valence-electron chi connectivity index (χ1n) is 23.0. The van der Waals surface area contributed by atoms with E-state index in [-0.39, 0.29) is 5.41 Å². The normalized spacial score (nSPS) is 13.0. The summed E-state index contributed by atoms with van der Waals surface area (Å²) < 4.78 is 16.7. The maximum atomic E-state index is 7.41. The van der Waals surface area contributed by atoms with Crippen LogP contribution in [0.2, 0.25) is 0 Å². The first-order chi connectivity index (χ1) is 33.0. The Hall–Kier alpha value is -8.18. The van der Waals surface area contributed by atoms with E-state index in [1.54, 1.807) is 0 Å². The fourth-order valence-electron chi connectivity index (χ4n) is 11.1. The van der Waals surface area contributed by atoms with Gasteiger partial charge in [-0.1, -0.05) is 178 Å². The number of fused-ring (bicyclic) bond motifs is 12. The molecule has 316 valence electrons. The van der Waals surface area contributed by atoms with E-state index in [0.717, 1.165) is 72.1 Å². The van der Waals surface area contributed by atoms with Crippen LogP contribution in [-0.4, -0.2) is 0 Å². The van der Waals surface area contributed by atoms with Crippen molar-refractivity contribution < 1.29 is 8.83 Å². The van der Waals surface area contributed by atoms with E-state index < -0.39 is 0 Å². The van der Waals surface area contributed by atoms with Crippen LogP contribution in [0.25, 0.3) is 109 Å². The number of para-hydroxylation sites is 2. The summed E-state index contributed by atoms with van der Waals surface area (Å²) in [7, 11) is 0. The van der Waals surface area contributed by atoms with Crippen molar-refractivity contribution in [1.82, 2.24) is 0 Å². The van der Waals surface area contributed by atoms with Gasteiger partial charge in [0.1, 0.15) is 16.7 Å². The topological polar surface area (TPSA) is 29.5 Å². The van der Waals surface area contributed by atoms with Gasteiger partial charge in [0.15, 0.2) is 5.58 Å². The highest BCUT2D eigenvalue weighted by Gasteiger charge is 2.36. The van der Waals surface area contributed by atoms with Crippen LogP contribution in [0.4, 0.5) is 17.1 Å². The van der Waals surface area contributed by atoms with Gasteiger partial charge < -0.3 is 13.7 Å². The molecule has 0 fully saturated rings. The zero-order valence-electron chi connectivity index (χ0n) is 36.9. The molecule has 0 amide bonds. The molecule has 1 aliphatic carbocycles. The molecule has 0 unspecified atom stereocenters. The smallest absolute Gasteiger partial charge is 0.159 e. The lowest BCUT2D eigenvalue weighted by molar-refractivity contribution is 0.660. The van der Waals surface area contributed by atoms with Crippen molar-refractivity contribution >= 4 is 92.4 Å². The van der Waals surface area contributed by atoms with Crippen molar-refractivity contribution in [2.75, 3.05) is 4.90 Å². The molecule has 3 nitrogen and oxygen atoms in total. The van der Waals surface area contributed by atoms with Gasteiger partial charge in [-0.3, -0.25) is 0 Å². The molecule has 13 aromatic rings. The first-order valence-corrected chi connectivity index (χ1v) is 23.8. The summed E-state index contributed by atoms with van der Waals surface area (Å²) in [5.41, 5.74) is 18.4. The van der Waals surface area contributed by atoms with Gasteiger partial charge in [0.2, 0.25) is 0 Å². The van der Waals surface area contributed by atoms with Gasteiger partial charge in [-0.25, -0.2) is 0 Å². The molecule has 0 atom stereocenters. The van der Waals surface area contributed by atoms with Gasteiger partial charge in [0.05, 0.1) is 5.69 Å². The van der Waals surface area contributed by atoms with Crippen LogP contribution < -0.4 is 4.90 Å². The van der Waals surface area contributed by atoms with Crippen molar-refractivity contribution in [2.45, 2.75) is 19.3 Å². The van der Waals surface area contributed by atoms with E-state index in [1.807, 2.05) is 17.4 Å². The Morgan fingerprint density at radius 2 is 1.04 bits per heavy atom. The maximum absolute atomic E-state index is 7.41. The average Bonchev–Trinajstić information content (AvgIpc) is 4.12. The van der Waals surface area contributed by atoms with Crippen LogP contribution in [0.15, 0.2) is 221 Å². The summed E-state index contributed by atoms with van der Waals surface area (Å²) >= 11 is 1.87. The Bertz CT molecular complexity index is 4110. The third-order valence-corrected chi connectivity index (χ3v) is 15.5. The average molecular weight is 876 g/mol. The monoisotopic (exact) mass is 875 g/mol. The van der Waals surface area contributed by atoms with Crippen LogP contribution in [-0.2, 0) is 5.41 Å². The lowest BCUT2D eigenvalue weighted by Crippen LogP contribution is -2.16. The van der Waals surface area contributed by atoms with E-state index in [9.17, 15) is 0 Å². The second-order valence-corrected chi connectivity index (χ2v) is 19.4. The zero-order valence-corrected chi connectivity index (χ0v) is 37.7. The summed E-state index contributed by atoms with van der Waals surface area (Å²) in [6, 6.07) is 76.9. The van der Waals surface area contributed by atoms with Gasteiger partial charge in [-0.15, -0.1) is 11.3 Å². The molecule has 1 aliphatic rings. The second-order valence-electron chi connectivity index (χ2n) is 18.4. The molecular weight excluding hydrogens is 835 g/mol. The fourth-order valence-corrected chi connectivity index (χ4v) is 12.3. The molecule has 0 radical (unpaired) electrons. The number of benzene rings is 10. The number of nitrogens with zero attached hydrogens (tertiary/aromatic N) is 1. The lowest BCUT2D eigenvalue weighted by Gasteiger charge is -2.28. The van der Waals surface area contributed by atoms with Crippen LogP contribution in [0.3, 0.4) is 0 Å².